The number of hydrogen-bond donors (Lipinski definition) is 2. The van der Waals surface area contributed by atoms with Gasteiger partial charge in [0.2, 0.25) is 5.91 Å². The third-order valence-electron chi connectivity index (χ3n) is 7.38. The summed E-state index contributed by atoms with van der Waals surface area (Å²) in [7, 11) is 0. The van der Waals surface area contributed by atoms with Crippen molar-refractivity contribution in [2.45, 2.75) is 103 Å². The van der Waals surface area contributed by atoms with Crippen LogP contribution >= 0.6 is 0 Å². The van der Waals surface area contributed by atoms with E-state index in [2.05, 4.69) is 26.1 Å². The molecule has 3 rings (SSSR count). The Morgan fingerprint density at radius 2 is 1.85 bits per heavy atom. The number of carbonyl (C=O) groups excluding carboxylic acids is 1. The molecule has 1 aromatic rings. The SMILES string of the molecule is CCCC(C)(C)c1cc(O)c2c(c1)OC(C)(C)[C@@H]1CC=C(C(=O)NC(C)(C)C(F)(F)F)C[C@@H]21. The van der Waals surface area contributed by atoms with E-state index < -0.39 is 23.2 Å². The van der Waals surface area contributed by atoms with Crippen molar-refractivity contribution in [2.75, 3.05) is 0 Å². The minimum atomic E-state index is -4.56. The predicted molar refractivity (Wildman–Crippen MR) is 123 cm³/mol. The van der Waals surface area contributed by atoms with Crippen molar-refractivity contribution in [1.82, 2.24) is 5.32 Å². The van der Waals surface area contributed by atoms with Gasteiger partial charge in [-0.3, -0.25) is 4.79 Å². The first-order valence-corrected chi connectivity index (χ1v) is 11.6. The summed E-state index contributed by atoms with van der Waals surface area (Å²) in [5, 5.41) is 13.2. The second kappa shape index (κ2) is 8.24. The highest BCUT2D eigenvalue weighted by Gasteiger charge is 2.50. The van der Waals surface area contributed by atoms with Gasteiger partial charge in [-0.2, -0.15) is 13.2 Å². The quantitative estimate of drug-likeness (QED) is 0.518. The molecule has 7 heteroatoms. The first-order chi connectivity index (χ1) is 15.0. The summed E-state index contributed by atoms with van der Waals surface area (Å²) < 4.78 is 46.2. The van der Waals surface area contributed by atoms with Crippen molar-refractivity contribution in [3.8, 4) is 11.5 Å². The maximum Gasteiger partial charge on any atom is 0.410 e. The Morgan fingerprint density at radius 3 is 2.42 bits per heavy atom. The van der Waals surface area contributed by atoms with Crippen LogP contribution in [0, 0.1) is 5.92 Å². The van der Waals surface area contributed by atoms with E-state index in [1.54, 1.807) is 12.1 Å². The van der Waals surface area contributed by atoms with Gasteiger partial charge in [0.1, 0.15) is 22.6 Å². The number of aromatic hydroxyl groups is 1. The molecule has 1 heterocycles. The second-order valence-electron chi connectivity index (χ2n) is 11.2. The van der Waals surface area contributed by atoms with Crippen LogP contribution in [0.25, 0.3) is 0 Å². The summed E-state index contributed by atoms with van der Waals surface area (Å²) in [5.74, 6) is -0.251. The summed E-state index contributed by atoms with van der Waals surface area (Å²) in [6.07, 6.45) is -0.172. The average molecular weight is 468 g/mol. The molecule has 1 amide bonds. The molecule has 0 bridgehead atoms. The van der Waals surface area contributed by atoms with Crippen molar-refractivity contribution in [2.24, 2.45) is 5.92 Å². The highest BCUT2D eigenvalue weighted by atomic mass is 19.4. The molecule has 0 saturated heterocycles. The molecule has 184 valence electrons. The van der Waals surface area contributed by atoms with Crippen molar-refractivity contribution in [3.05, 3.63) is 34.9 Å². The molecule has 2 aliphatic rings. The molecule has 33 heavy (non-hydrogen) atoms. The fraction of sp³-hybridized carbons (Fsp3) is 0.654. The fourth-order valence-corrected chi connectivity index (χ4v) is 5.18. The molecule has 0 spiro atoms. The fourth-order valence-electron chi connectivity index (χ4n) is 5.18. The van der Waals surface area contributed by atoms with E-state index in [1.165, 1.54) is 0 Å². The van der Waals surface area contributed by atoms with Gasteiger partial charge in [0, 0.05) is 23.0 Å². The van der Waals surface area contributed by atoms with E-state index in [0.717, 1.165) is 32.3 Å². The molecule has 0 aromatic heterocycles. The molecular formula is C26H36F3NO3. The largest absolute Gasteiger partial charge is 0.508 e. The van der Waals surface area contributed by atoms with Crippen LogP contribution in [0.1, 0.15) is 91.2 Å². The van der Waals surface area contributed by atoms with Gasteiger partial charge in [0.15, 0.2) is 0 Å². The Kier molecular flexibility index (Phi) is 6.35. The third kappa shape index (κ3) is 4.73. The molecule has 0 fully saturated rings. The molecule has 4 nitrogen and oxygen atoms in total. The summed E-state index contributed by atoms with van der Waals surface area (Å²) in [4.78, 5) is 12.8. The molecule has 0 radical (unpaired) electrons. The van der Waals surface area contributed by atoms with Crippen molar-refractivity contribution in [3.63, 3.8) is 0 Å². The zero-order chi connectivity index (χ0) is 25.0. The van der Waals surface area contributed by atoms with Crippen LogP contribution in [-0.2, 0) is 10.2 Å². The molecule has 1 aromatic carbocycles. The van der Waals surface area contributed by atoms with Crippen LogP contribution in [0.3, 0.4) is 0 Å². The van der Waals surface area contributed by atoms with Gasteiger partial charge in [-0.05, 0) is 70.1 Å². The lowest BCUT2D eigenvalue weighted by Gasteiger charge is -2.47. The van der Waals surface area contributed by atoms with Crippen LogP contribution < -0.4 is 10.1 Å². The third-order valence-corrected chi connectivity index (χ3v) is 7.38. The Bertz CT molecular complexity index is 960. The number of benzene rings is 1. The van der Waals surface area contributed by atoms with Crippen LogP contribution in [0.2, 0.25) is 0 Å². The van der Waals surface area contributed by atoms with Crippen LogP contribution in [0.4, 0.5) is 13.2 Å². The number of alkyl halides is 3. The van der Waals surface area contributed by atoms with Gasteiger partial charge in [0.25, 0.3) is 0 Å². The Labute approximate surface area is 194 Å². The van der Waals surface area contributed by atoms with Gasteiger partial charge in [-0.15, -0.1) is 0 Å². The van der Waals surface area contributed by atoms with E-state index in [0.29, 0.717) is 23.3 Å². The lowest BCUT2D eigenvalue weighted by Crippen LogP contribution is -2.55. The van der Waals surface area contributed by atoms with Gasteiger partial charge >= 0.3 is 6.18 Å². The van der Waals surface area contributed by atoms with Crippen LogP contribution in [0.5, 0.6) is 11.5 Å². The standard InChI is InChI=1S/C26H36F3NO3/c1-8-11-23(2,3)16-13-19(31)21-17-12-15(22(32)30-25(6,7)26(27,28)29)9-10-18(17)24(4,5)33-20(21)14-16/h9,13-14,17-18,31H,8,10-12H2,1-7H3,(H,30,32)/t17-,18-/m1/s1. The zero-order valence-electron chi connectivity index (χ0n) is 20.6. The first kappa shape index (κ1) is 25.4. The summed E-state index contributed by atoms with van der Waals surface area (Å²) in [5.41, 5.74) is -1.11. The minimum absolute atomic E-state index is 0.0161. The maximum absolute atomic E-state index is 13.3. The van der Waals surface area contributed by atoms with E-state index in [9.17, 15) is 23.1 Å². The van der Waals surface area contributed by atoms with Gasteiger partial charge in [0.05, 0.1) is 0 Å². The molecule has 1 aliphatic heterocycles. The number of fused-ring (bicyclic) bond motifs is 3. The van der Waals surface area contributed by atoms with Crippen molar-refractivity contribution < 1.29 is 27.8 Å². The number of phenols is 1. The first-order valence-electron chi connectivity index (χ1n) is 11.6. The minimum Gasteiger partial charge on any atom is -0.508 e. The van der Waals surface area contributed by atoms with Crippen molar-refractivity contribution >= 4 is 5.91 Å². The van der Waals surface area contributed by atoms with Gasteiger partial charge in [-0.25, -0.2) is 0 Å². The molecular weight excluding hydrogens is 431 g/mol. The number of ether oxygens (including phenoxy) is 1. The zero-order valence-corrected chi connectivity index (χ0v) is 20.6. The Morgan fingerprint density at radius 1 is 1.21 bits per heavy atom. The van der Waals surface area contributed by atoms with Crippen LogP contribution in [0.15, 0.2) is 23.8 Å². The number of hydrogen-bond acceptors (Lipinski definition) is 3. The number of allylic oxidation sites excluding steroid dienone is 1. The highest BCUT2D eigenvalue weighted by molar-refractivity contribution is 5.94. The van der Waals surface area contributed by atoms with Crippen LogP contribution in [-0.4, -0.2) is 28.3 Å². The topological polar surface area (TPSA) is 58.6 Å². The van der Waals surface area contributed by atoms with E-state index in [1.807, 2.05) is 19.9 Å². The molecule has 2 atom stereocenters. The molecule has 1 aliphatic carbocycles. The number of rotatable bonds is 5. The van der Waals surface area contributed by atoms with Gasteiger partial charge < -0.3 is 15.2 Å². The summed E-state index contributed by atoms with van der Waals surface area (Å²) >= 11 is 0. The summed E-state index contributed by atoms with van der Waals surface area (Å²) in [6, 6.07) is 3.76. The normalized spacial score (nSPS) is 22.5. The van der Waals surface area contributed by atoms with Crippen molar-refractivity contribution in [1.29, 1.82) is 0 Å². The Balaban J connectivity index is 1.97. The molecule has 2 N–H and O–H groups in total. The van der Waals surface area contributed by atoms with E-state index in [-0.39, 0.29) is 29.4 Å². The van der Waals surface area contributed by atoms with E-state index >= 15 is 0 Å². The number of halogens is 3. The maximum atomic E-state index is 13.3. The number of amides is 1. The molecule has 0 unspecified atom stereocenters. The number of phenolic OH excluding ortho intramolecular Hbond substituents is 1. The predicted octanol–water partition coefficient (Wildman–Crippen LogP) is 6.52. The monoisotopic (exact) mass is 467 g/mol. The smallest absolute Gasteiger partial charge is 0.410 e. The van der Waals surface area contributed by atoms with Gasteiger partial charge in [-0.1, -0.05) is 33.3 Å². The number of carbonyl (C=O) groups is 1. The molecule has 0 saturated carbocycles. The highest BCUT2D eigenvalue weighted by Crippen LogP contribution is 2.55. The lowest BCUT2D eigenvalue weighted by molar-refractivity contribution is -0.187. The van der Waals surface area contributed by atoms with E-state index in [4.69, 9.17) is 4.74 Å². The average Bonchev–Trinajstić information content (AvgIpc) is 2.65. The summed E-state index contributed by atoms with van der Waals surface area (Å²) in [6.45, 7) is 12.3. The number of nitrogens with one attached hydrogen (secondary N) is 1. The Hall–Kier alpha value is -2.18. The lowest BCUT2D eigenvalue weighted by atomic mass is 9.66. The second-order valence-corrected chi connectivity index (χ2v) is 11.2.